The molecule has 0 aliphatic heterocycles. The van der Waals surface area contributed by atoms with E-state index in [0.717, 1.165) is 12.8 Å². The molecule has 1 atom stereocenters. The number of carbonyl (C=O) groups excluding carboxylic acids is 1. The molecule has 17 heavy (non-hydrogen) atoms. The molecule has 1 rings (SSSR count). The molecule has 1 fully saturated rings. The Kier molecular flexibility index (Phi) is 3.69. The van der Waals surface area contributed by atoms with Gasteiger partial charge in [0.15, 0.2) is 5.78 Å². The molecule has 0 amide bonds. The molecule has 0 saturated heterocycles. The summed E-state index contributed by atoms with van der Waals surface area (Å²) in [6.07, 6.45) is 2.84. The number of methoxy groups -OCH3 is 1. The van der Waals surface area contributed by atoms with Crippen LogP contribution in [0.1, 0.15) is 53.4 Å². The second-order valence-electron chi connectivity index (χ2n) is 6.37. The van der Waals surface area contributed by atoms with Crippen LogP contribution in [-0.2, 0) is 9.53 Å². The minimum absolute atomic E-state index is 0.111. The van der Waals surface area contributed by atoms with E-state index in [1.165, 1.54) is 0 Å². The van der Waals surface area contributed by atoms with E-state index >= 15 is 0 Å². The van der Waals surface area contributed by atoms with E-state index in [2.05, 4.69) is 6.07 Å². The summed E-state index contributed by atoms with van der Waals surface area (Å²) < 4.78 is 5.35. The lowest BCUT2D eigenvalue weighted by Gasteiger charge is -2.28. The molecule has 0 aromatic heterocycles. The Morgan fingerprint density at radius 1 is 1.41 bits per heavy atom. The van der Waals surface area contributed by atoms with Crippen LogP contribution >= 0.6 is 0 Å². The lowest BCUT2D eigenvalue weighted by molar-refractivity contribution is -0.130. The molecular formula is C14H23NO2. The van der Waals surface area contributed by atoms with Crippen LogP contribution < -0.4 is 0 Å². The largest absolute Gasteiger partial charge is 0.379 e. The molecular weight excluding hydrogens is 214 g/mol. The van der Waals surface area contributed by atoms with Crippen molar-refractivity contribution in [1.82, 2.24) is 0 Å². The molecule has 1 unspecified atom stereocenters. The normalized spacial score (nSPS) is 28.1. The van der Waals surface area contributed by atoms with Crippen molar-refractivity contribution in [2.75, 3.05) is 7.11 Å². The Morgan fingerprint density at radius 3 is 2.35 bits per heavy atom. The van der Waals surface area contributed by atoms with E-state index in [-0.39, 0.29) is 16.8 Å². The SMILES string of the molecule is COC(C)(C)CCC1(C#N)CCC(C)(C)C1=O. The van der Waals surface area contributed by atoms with Crippen LogP contribution in [0.2, 0.25) is 0 Å². The van der Waals surface area contributed by atoms with Gasteiger partial charge in [0.1, 0.15) is 5.41 Å². The first-order valence-corrected chi connectivity index (χ1v) is 6.20. The zero-order valence-corrected chi connectivity index (χ0v) is 11.6. The van der Waals surface area contributed by atoms with Crippen molar-refractivity contribution in [2.24, 2.45) is 10.8 Å². The Morgan fingerprint density at radius 2 is 2.00 bits per heavy atom. The highest BCUT2D eigenvalue weighted by atomic mass is 16.5. The van der Waals surface area contributed by atoms with Crippen molar-refractivity contribution in [2.45, 2.75) is 59.0 Å². The fourth-order valence-corrected chi connectivity index (χ4v) is 2.42. The number of hydrogen-bond donors (Lipinski definition) is 0. The third kappa shape index (κ3) is 2.69. The van der Waals surface area contributed by atoms with Crippen LogP contribution in [-0.4, -0.2) is 18.5 Å². The lowest BCUT2D eigenvalue weighted by Crippen LogP contribution is -2.34. The summed E-state index contributed by atoms with van der Waals surface area (Å²) in [6, 6.07) is 2.27. The highest BCUT2D eigenvalue weighted by Gasteiger charge is 2.52. The number of nitrogens with zero attached hydrogens (tertiary/aromatic N) is 1. The summed E-state index contributed by atoms with van der Waals surface area (Å²) in [5.41, 5.74) is -1.39. The summed E-state index contributed by atoms with van der Waals surface area (Å²) in [5.74, 6) is 0.111. The fraction of sp³-hybridized carbons (Fsp3) is 0.857. The van der Waals surface area contributed by atoms with E-state index in [9.17, 15) is 10.1 Å². The molecule has 1 aliphatic carbocycles. The number of rotatable bonds is 4. The van der Waals surface area contributed by atoms with Crippen LogP contribution in [0.3, 0.4) is 0 Å². The molecule has 3 nitrogen and oxygen atoms in total. The van der Waals surface area contributed by atoms with Gasteiger partial charge in [-0.3, -0.25) is 4.79 Å². The zero-order chi connectivity index (χ0) is 13.3. The van der Waals surface area contributed by atoms with Gasteiger partial charge in [0, 0.05) is 12.5 Å². The van der Waals surface area contributed by atoms with Gasteiger partial charge in [-0.1, -0.05) is 13.8 Å². The molecule has 3 heteroatoms. The molecule has 0 radical (unpaired) electrons. The molecule has 0 aromatic carbocycles. The number of carbonyl (C=O) groups is 1. The van der Waals surface area contributed by atoms with Gasteiger partial charge in [-0.2, -0.15) is 5.26 Å². The van der Waals surface area contributed by atoms with Gasteiger partial charge in [-0.15, -0.1) is 0 Å². The summed E-state index contributed by atoms with van der Waals surface area (Å²) in [4.78, 5) is 12.3. The average Bonchev–Trinajstić information content (AvgIpc) is 2.51. The monoisotopic (exact) mass is 237 g/mol. The first-order chi connectivity index (χ1) is 7.69. The van der Waals surface area contributed by atoms with Crippen molar-refractivity contribution in [3.63, 3.8) is 0 Å². The van der Waals surface area contributed by atoms with E-state index in [1.54, 1.807) is 7.11 Å². The maximum absolute atomic E-state index is 12.3. The number of nitriles is 1. The van der Waals surface area contributed by atoms with E-state index in [0.29, 0.717) is 12.8 Å². The predicted octanol–water partition coefficient (Wildman–Crippen LogP) is 3.09. The highest BCUT2D eigenvalue weighted by molar-refractivity contribution is 5.94. The zero-order valence-electron chi connectivity index (χ0n) is 11.6. The standard InChI is InChI=1S/C14H23NO2/c1-12(2)6-8-14(10-15,11(12)16)9-7-13(3,4)17-5/h6-9H2,1-5H3. The maximum Gasteiger partial charge on any atom is 0.158 e. The highest BCUT2D eigenvalue weighted by Crippen LogP contribution is 2.48. The topological polar surface area (TPSA) is 50.1 Å². The lowest BCUT2D eigenvalue weighted by atomic mass is 9.76. The Hall–Kier alpha value is -0.880. The molecule has 0 spiro atoms. The van der Waals surface area contributed by atoms with E-state index in [1.807, 2.05) is 27.7 Å². The van der Waals surface area contributed by atoms with Crippen molar-refractivity contribution in [3.8, 4) is 6.07 Å². The molecule has 0 aromatic rings. The smallest absolute Gasteiger partial charge is 0.158 e. The van der Waals surface area contributed by atoms with Gasteiger partial charge >= 0.3 is 0 Å². The number of hydrogen-bond acceptors (Lipinski definition) is 3. The van der Waals surface area contributed by atoms with Crippen molar-refractivity contribution >= 4 is 5.78 Å². The third-order valence-corrected chi connectivity index (χ3v) is 4.15. The Balaban J connectivity index is 2.81. The quantitative estimate of drug-likeness (QED) is 0.755. The van der Waals surface area contributed by atoms with Crippen LogP contribution in [0.4, 0.5) is 0 Å². The Labute approximate surface area is 104 Å². The van der Waals surface area contributed by atoms with Crippen molar-refractivity contribution < 1.29 is 9.53 Å². The average molecular weight is 237 g/mol. The van der Waals surface area contributed by atoms with Gasteiger partial charge < -0.3 is 4.74 Å². The molecule has 0 bridgehead atoms. The van der Waals surface area contributed by atoms with Gasteiger partial charge in [0.05, 0.1) is 11.7 Å². The second-order valence-corrected chi connectivity index (χ2v) is 6.37. The van der Waals surface area contributed by atoms with E-state index in [4.69, 9.17) is 4.74 Å². The number of ether oxygens (including phenoxy) is 1. The molecule has 0 N–H and O–H groups in total. The third-order valence-electron chi connectivity index (χ3n) is 4.15. The summed E-state index contributed by atoms with van der Waals surface area (Å²) in [6.45, 7) is 7.86. The summed E-state index contributed by atoms with van der Waals surface area (Å²) in [5, 5.41) is 9.38. The molecule has 96 valence electrons. The van der Waals surface area contributed by atoms with Gasteiger partial charge in [-0.05, 0) is 39.5 Å². The molecule has 0 heterocycles. The number of Topliss-reactive ketones (excluding diaryl/α,β-unsaturated/α-hetero) is 1. The predicted molar refractivity (Wildman–Crippen MR) is 66.4 cm³/mol. The van der Waals surface area contributed by atoms with Gasteiger partial charge in [-0.25, -0.2) is 0 Å². The molecule has 1 aliphatic rings. The first kappa shape index (κ1) is 14.2. The second kappa shape index (κ2) is 4.42. The van der Waals surface area contributed by atoms with Crippen LogP contribution in [0.5, 0.6) is 0 Å². The van der Waals surface area contributed by atoms with Crippen LogP contribution in [0.25, 0.3) is 0 Å². The Bertz CT molecular complexity index is 352. The summed E-state index contributed by atoms with van der Waals surface area (Å²) >= 11 is 0. The molecule has 1 saturated carbocycles. The van der Waals surface area contributed by atoms with Crippen molar-refractivity contribution in [1.29, 1.82) is 5.26 Å². The van der Waals surface area contributed by atoms with Crippen LogP contribution in [0.15, 0.2) is 0 Å². The minimum atomic E-state index is -0.778. The van der Waals surface area contributed by atoms with E-state index < -0.39 is 5.41 Å². The first-order valence-electron chi connectivity index (χ1n) is 6.20. The van der Waals surface area contributed by atoms with Gasteiger partial charge in [0.2, 0.25) is 0 Å². The fourth-order valence-electron chi connectivity index (χ4n) is 2.42. The maximum atomic E-state index is 12.3. The van der Waals surface area contributed by atoms with Crippen LogP contribution in [0, 0.1) is 22.2 Å². The van der Waals surface area contributed by atoms with Crippen molar-refractivity contribution in [3.05, 3.63) is 0 Å². The summed E-state index contributed by atoms with van der Waals surface area (Å²) in [7, 11) is 1.67. The van der Waals surface area contributed by atoms with Gasteiger partial charge in [0.25, 0.3) is 0 Å². The number of ketones is 1. The minimum Gasteiger partial charge on any atom is -0.379 e.